The number of nitrogens with zero attached hydrogens (tertiary/aromatic N) is 1. The predicted octanol–water partition coefficient (Wildman–Crippen LogP) is 2.50. The van der Waals surface area contributed by atoms with Gasteiger partial charge in [0.2, 0.25) is 0 Å². The van der Waals surface area contributed by atoms with Gasteiger partial charge in [0.15, 0.2) is 5.69 Å². The SMILES string of the molecule is CC(=O)CSc1[nH]c(C)c(-c2ccccc2)[n+]1C. The molecule has 2 aromatic rings. The van der Waals surface area contributed by atoms with E-state index in [4.69, 9.17) is 0 Å². The van der Waals surface area contributed by atoms with Crippen LogP contribution in [-0.4, -0.2) is 16.5 Å². The Morgan fingerprint density at radius 3 is 2.61 bits per heavy atom. The summed E-state index contributed by atoms with van der Waals surface area (Å²) >= 11 is 1.54. The smallest absolute Gasteiger partial charge is 0.299 e. The Balaban J connectivity index is 2.35. The minimum absolute atomic E-state index is 0.188. The van der Waals surface area contributed by atoms with Crippen molar-refractivity contribution >= 4 is 17.5 Å². The average Bonchev–Trinajstić information content (AvgIpc) is 2.63. The number of imidazole rings is 1. The lowest BCUT2D eigenvalue weighted by Crippen LogP contribution is -2.31. The van der Waals surface area contributed by atoms with Crippen molar-refractivity contribution in [3.05, 3.63) is 36.0 Å². The Kier molecular flexibility index (Phi) is 3.87. The highest BCUT2D eigenvalue weighted by Gasteiger charge is 2.21. The third-order valence-electron chi connectivity index (χ3n) is 2.75. The van der Waals surface area contributed by atoms with E-state index in [-0.39, 0.29) is 5.78 Å². The lowest BCUT2D eigenvalue weighted by molar-refractivity contribution is -0.697. The summed E-state index contributed by atoms with van der Waals surface area (Å²) in [6, 6.07) is 10.3. The van der Waals surface area contributed by atoms with Crippen LogP contribution in [0.15, 0.2) is 35.5 Å². The van der Waals surface area contributed by atoms with Crippen LogP contribution in [0.5, 0.6) is 0 Å². The van der Waals surface area contributed by atoms with Crippen molar-refractivity contribution in [2.75, 3.05) is 5.75 Å². The molecule has 18 heavy (non-hydrogen) atoms. The monoisotopic (exact) mass is 261 g/mol. The summed E-state index contributed by atoms with van der Waals surface area (Å²) in [5, 5.41) is 1.02. The number of nitrogens with one attached hydrogen (secondary N) is 1. The number of rotatable bonds is 4. The topological polar surface area (TPSA) is 36.7 Å². The third-order valence-corrected chi connectivity index (χ3v) is 3.95. The Labute approximate surface area is 111 Å². The van der Waals surface area contributed by atoms with Crippen molar-refractivity contribution in [1.29, 1.82) is 0 Å². The fourth-order valence-electron chi connectivity index (χ4n) is 1.97. The van der Waals surface area contributed by atoms with E-state index in [1.807, 2.05) is 25.2 Å². The molecule has 0 radical (unpaired) electrons. The van der Waals surface area contributed by atoms with Gasteiger partial charge in [0.1, 0.15) is 11.5 Å². The van der Waals surface area contributed by atoms with Gasteiger partial charge >= 0.3 is 5.16 Å². The number of hydrogen-bond donors (Lipinski definition) is 1. The van der Waals surface area contributed by atoms with Crippen LogP contribution in [0.25, 0.3) is 11.3 Å². The van der Waals surface area contributed by atoms with Crippen LogP contribution in [0.4, 0.5) is 0 Å². The van der Waals surface area contributed by atoms with E-state index in [0.29, 0.717) is 5.75 Å². The number of benzene rings is 1. The summed E-state index contributed by atoms with van der Waals surface area (Å²) in [4.78, 5) is 14.4. The summed E-state index contributed by atoms with van der Waals surface area (Å²) in [7, 11) is 2.02. The van der Waals surface area contributed by atoms with Gasteiger partial charge in [-0.2, -0.15) is 0 Å². The molecule has 94 valence electrons. The minimum Gasteiger partial charge on any atom is -0.299 e. The van der Waals surface area contributed by atoms with Crippen molar-refractivity contribution < 1.29 is 9.36 Å². The fraction of sp³-hybridized carbons (Fsp3) is 0.286. The van der Waals surface area contributed by atoms with E-state index in [9.17, 15) is 4.79 Å². The molecule has 1 aromatic heterocycles. The number of aryl methyl sites for hydroxylation is 1. The molecule has 0 spiro atoms. The second-order valence-electron chi connectivity index (χ2n) is 4.32. The van der Waals surface area contributed by atoms with Crippen LogP contribution in [0, 0.1) is 6.92 Å². The van der Waals surface area contributed by atoms with Crippen molar-refractivity contribution in [3.63, 3.8) is 0 Å². The van der Waals surface area contributed by atoms with E-state index in [2.05, 4.69) is 28.6 Å². The second-order valence-corrected chi connectivity index (χ2v) is 5.28. The predicted molar refractivity (Wildman–Crippen MR) is 73.5 cm³/mol. The number of Topliss-reactive ketones (excluding diaryl/α,β-unsaturated/α-hetero) is 1. The number of hydrogen-bond acceptors (Lipinski definition) is 2. The number of carbonyl (C=O) groups is 1. The zero-order chi connectivity index (χ0) is 13.1. The van der Waals surface area contributed by atoms with Gasteiger partial charge in [-0.1, -0.05) is 30.3 Å². The van der Waals surface area contributed by atoms with Gasteiger partial charge in [-0.15, -0.1) is 0 Å². The molecule has 0 aliphatic carbocycles. The molecule has 0 aliphatic rings. The van der Waals surface area contributed by atoms with Gasteiger partial charge in [-0.25, -0.2) is 9.55 Å². The van der Waals surface area contributed by atoms with Gasteiger partial charge in [0.05, 0.1) is 12.8 Å². The molecule has 0 aliphatic heterocycles. The Bertz CT molecular complexity index is 561. The van der Waals surface area contributed by atoms with Crippen LogP contribution >= 0.6 is 11.8 Å². The maximum atomic E-state index is 11.0. The van der Waals surface area contributed by atoms with Crippen LogP contribution in [0.2, 0.25) is 0 Å². The van der Waals surface area contributed by atoms with Gasteiger partial charge in [0, 0.05) is 12.5 Å². The number of H-pyrrole nitrogens is 1. The van der Waals surface area contributed by atoms with Crippen molar-refractivity contribution in [2.45, 2.75) is 19.0 Å². The highest BCUT2D eigenvalue weighted by Crippen LogP contribution is 2.22. The third kappa shape index (κ3) is 2.64. The van der Waals surface area contributed by atoms with E-state index in [1.165, 1.54) is 11.3 Å². The van der Waals surface area contributed by atoms with E-state index < -0.39 is 0 Å². The first-order chi connectivity index (χ1) is 8.59. The molecule has 1 heterocycles. The summed E-state index contributed by atoms with van der Waals surface area (Å²) in [6.07, 6.45) is 0. The minimum atomic E-state index is 0.188. The lowest BCUT2D eigenvalue weighted by Gasteiger charge is -1.99. The van der Waals surface area contributed by atoms with E-state index in [0.717, 1.165) is 10.9 Å². The number of ketones is 1. The lowest BCUT2D eigenvalue weighted by atomic mass is 10.1. The molecule has 3 nitrogen and oxygen atoms in total. The molecule has 0 saturated heterocycles. The summed E-state index contributed by atoms with van der Waals surface area (Å²) in [6.45, 7) is 3.67. The summed E-state index contributed by atoms with van der Waals surface area (Å²) in [5.41, 5.74) is 3.47. The molecule has 0 atom stereocenters. The number of aromatic nitrogens is 2. The first kappa shape index (κ1) is 12.9. The van der Waals surface area contributed by atoms with E-state index >= 15 is 0 Å². The van der Waals surface area contributed by atoms with Gasteiger partial charge < -0.3 is 0 Å². The molecular weight excluding hydrogens is 244 g/mol. The molecular formula is C14H17N2OS+. The van der Waals surface area contributed by atoms with E-state index in [1.54, 1.807) is 18.7 Å². The molecule has 2 rings (SSSR count). The van der Waals surface area contributed by atoms with Crippen molar-refractivity contribution in [2.24, 2.45) is 7.05 Å². The second kappa shape index (κ2) is 5.40. The molecule has 0 unspecified atom stereocenters. The van der Waals surface area contributed by atoms with Crippen LogP contribution in [0.1, 0.15) is 12.6 Å². The molecule has 1 aromatic carbocycles. The molecule has 1 N–H and O–H groups in total. The standard InChI is InChI=1S/C14H16N2OS/c1-10(17)9-18-14-15-11(2)13(16(14)3)12-7-5-4-6-8-12/h4-8H,9H2,1-3H3/p+1. The molecule has 0 fully saturated rings. The van der Waals surface area contributed by atoms with Crippen LogP contribution < -0.4 is 4.57 Å². The van der Waals surface area contributed by atoms with Gasteiger partial charge in [-0.05, 0) is 18.7 Å². The van der Waals surface area contributed by atoms with Crippen LogP contribution in [-0.2, 0) is 11.8 Å². The first-order valence-electron chi connectivity index (χ1n) is 5.86. The number of carbonyl (C=O) groups excluding carboxylic acids is 1. The number of thioether (sulfide) groups is 1. The number of aromatic amines is 1. The molecule has 4 heteroatoms. The highest BCUT2D eigenvalue weighted by atomic mass is 32.2. The maximum Gasteiger partial charge on any atom is 0.316 e. The zero-order valence-corrected chi connectivity index (χ0v) is 11.7. The quantitative estimate of drug-likeness (QED) is 0.678. The summed E-state index contributed by atoms with van der Waals surface area (Å²) in [5.74, 6) is 0.690. The van der Waals surface area contributed by atoms with Gasteiger partial charge in [-0.3, -0.25) is 4.79 Å². The summed E-state index contributed by atoms with van der Waals surface area (Å²) < 4.78 is 2.11. The van der Waals surface area contributed by atoms with Gasteiger partial charge in [0.25, 0.3) is 0 Å². The zero-order valence-electron chi connectivity index (χ0n) is 10.9. The highest BCUT2D eigenvalue weighted by molar-refractivity contribution is 7.99. The largest absolute Gasteiger partial charge is 0.316 e. The fourth-order valence-corrected chi connectivity index (χ4v) is 2.82. The Hall–Kier alpha value is -1.55. The normalized spacial score (nSPS) is 10.6. The van der Waals surface area contributed by atoms with Crippen molar-refractivity contribution in [1.82, 2.24) is 4.98 Å². The molecule has 0 bridgehead atoms. The average molecular weight is 261 g/mol. The Morgan fingerprint density at radius 2 is 2.00 bits per heavy atom. The maximum absolute atomic E-state index is 11.0. The first-order valence-corrected chi connectivity index (χ1v) is 6.84. The molecule has 0 saturated carbocycles. The molecule has 0 amide bonds. The van der Waals surface area contributed by atoms with Crippen molar-refractivity contribution in [3.8, 4) is 11.3 Å². The van der Waals surface area contributed by atoms with Crippen LogP contribution in [0.3, 0.4) is 0 Å². The Morgan fingerprint density at radius 1 is 1.33 bits per heavy atom.